The summed E-state index contributed by atoms with van der Waals surface area (Å²) in [5, 5.41) is 9.43. The number of rotatable bonds is 6. The summed E-state index contributed by atoms with van der Waals surface area (Å²) >= 11 is 0. The lowest BCUT2D eigenvalue weighted by Gasteiger charge is -2.35. The molecule has 0 aromatic heterocycles. The van der Waals surface area contributed by atoms with Crippen molar-refractivity contribution in [3.8, 4) is 5.75 Å². The molecule has 0 radical (unpaired) electrons. The molecule has 1 aromatic rings. The Balaban J connectivity index is 1.99. The van der Waals surface area contributed by atoms with Crippen molar-refractivity contribution < 1.29 is 14.6 Å². The van der Waals surface area contributed by atoms with Gasteiger partial charge in [0.1, 0.15) is 12.4 Å². The Morgan fingerprint density at radius 3 is 2.68 bits per heavy atom. The molecule has 1 fully saturated rings. The van der Waals surface area contributed by atoms with Gasteiger partial charge in [-0.3, -0.25) is 9.69 Å². The number of para-hydroxylation sites is 1. The van der Waals surface area contributed by atoms with Crippen LogP contribution in [0.25, 0.3) is 0 Å². The van der Waals surface area contributed by atoms with E-state index in [0.29, 0.717) is 37.6 Å². The molecule has 22 heavy (non-hydrogen) atoms. The summed E-state index contributed by atoms with van der Waals surface area (Å²) in [4.78, 5) is 16.7. The molecule has 1 N–H and O–H groups in total. The summed E-state index contributed by atoms with van der Waals surface area (Å²) in [7, 11) is 0. The minimum atomic E-state index is -0.338. The molecule has 1 aliphatic heterocycles. The average Bonchev–Trinajstić information content (AvgIpc) is 2.53. The molecule has 5 nitrogen and oxygen atoms in total. The van der Waals surface area contributed by atoms with Crippen molar-refractivity contribution in [3.05, 3.63) is 42.5 Å². The van der Waals surface area contributed by atoms with Crippen LogP contribution in [0.2, 0.25) is 0 Å². The molecule has 120 valence electrons. The number of hydrogen-bond acceptors (Lipinski definition) is 4. The third kappa shape index (κ3) is 4.32. The first-order valence-electron chi connectivity index (χ1n) is 7.64. The van der Waals surface area contributed by atoms with Crippen LogP contribution in [0.3, 0.4) is 0 Å². The van der Waals surface area contributed by atoms with E-state index in [-0.39, 0.29) is 12.0 Å². The predicted octanol–water partition coefficient (Wildman–Crippen LogP) is 1.39. The molecule has 0 spiro atoms. The molecule has 5 heteroatoms. The highest BCUT2D eigenvalue weighted by molar-refractivity contribution is 5.97. The number of aliphatic hydroxyl groups is 1. The largest absolute Gasteiger partial charge is 0.489 e. The maximum absolute atomic E-state index is 12.7. The Labute approximate surface area is 131 Å². The van der Waals surface area contributed by atoms with E-state index in [2.05, 4.69) is 11.5 Å². The molecule has 1 aromatic carbocycles. The Morgan fingerprint density at radius 1 is 1.36 bits per heavy atom. The first-order chi connectivity index (χ1) is 10.6. The van der Waals surface area contributed by atoms with E-state index in [1.807, 2.05) is 17.0 Å². The van der Waals surface area contributed by atoms with Crippen LogP contribution < -0.4 is 4.74 Å². The SMILES string of the molecule is C=CCOc1ccccc1C(=O)N1CCN(CC(C)O)CC1. The quantitative estimate of drug-likeness (QED) is 0.807. The van der Waals surface area contributed by atoms with Crippen molar-refractivity contribution in [3.63, 3.8) is 0 Å². The van der Waals surface area contributed by atoms with E-state index in [1.165, 1.54) is 0 Å². The third-order valence-corrected chi connectivity index (χ3v) is 3.66. The van der Waals surface area contributed by atoms with E-state index in [1.54, 1.807) is 25.1 Å². The van der Waals surface area contributed by atoms with E-state index >= 15 is 0 Å². The van der Waals surface area contributed by atoms with Crippen molar-refractivity contribution in [2.24, 2.45) is 0 Å². The van der Waals surface area contributed by atoms with Gasteiger partial charge in [0.15, 0.2) is 0 Å². The van der Waals surface area contributed by atoms with E-state index in [4.69, 9.17) is 4.74 Å². The number of ether oxygens (including phenoxy) is 1. The summed E-state index contributed by atoms with van der Waals surface area (Å²) in [6.45, 7) is 9.35. The first-order valence-corrected chi connectivity index (χ1v) is 7.64. The van der Waals surface area contributed by atoms with Gasteiger partial charge < -0.3 is 14.7 Å². The molecule has 1 amide bonds. The highest BCUT2D eigenvalue weighted by Gasteiger charge is 2.24. The average molecular weight is 304 g/mol. The maximum atomic E-state index is 12.7. The van der Waals surface area contributed by atoms with Crippen LogP contribution in [-0.4, -0.2) is 66.2 Å². The fourth-order valence-electron chi connectivity index (χ4n) is 2.60. The Morgan fingerprint density at radius 2 is 2.05 bits per heavy atom. The molecule has 1 heterocycles. The summed E-state index contributed by atoms with van der Waals surface area (Å²) in [5.74, 6) is 0.593. The molecule has 2 rings (SSSR count). The fourth-order valence-corrected chi connectivity index (χ4v) is 2.60. The van der Waals surface area contributed by atoms with E-state index in [9.17, 15) is 9.90 Å². The second-order valence-corrected chi connectivity index (χ2v) is 5.54. The Bertz CT molecular complexity index is 508. The van der Waals surface area contributed by atoms with Gasteiger partial charge in [0, 0.05) is 32.7 Å². The number of hydrogen-bond donors (Lipinski definition) is 1. The van der Waals surface area contributed by atoms with Crippen LogP contribution in [0.15, 0.2) is 36.9 Å². The second-order valence-electron chi connectivity index (χ2n) is 5.54. The third-order valence-electron chi connectivity index (χ3n) is 3.66. The van der Waals surface area contributed by atoms with Crippen LogP contribution in [0, 0.1) is 0 Å². The molecule has 0 saturated carbocycles. The molecular formula is C17H24N2O3. The minimum Gasteiger partial charge on any atom is -0.489 e. The van der Waals surface area contributed by atoms with Crippen LogP contribution in [0.5, 0.6) is 5.75 Å². The van der Waals surface area contributed by atoms with Gasteiger partial charge in [-0.25, -0.2) is 0 Å². The van der Waals surface area contributed by atoms with Crippen molar-refractivity contribution in [2.45, 2.75) is 13.0 Å². The van der Waals surface area contributed by atoms with Gasteiger partial charge in [0.25, 0.3) is 5.91 Å². The number of β-amino-alcohol motifs (C(OH)–C–C–N with tert-alkyl or cyclic N) is 1. The summed E-state index contributed by atoms with van der Waals surface area (Å²) in [5.41, 5.74) is 0.591. The minimum absolute atomic E-state index is 0.00337. The summed E-state index contributed by atoms with van der Waals surface area (Å²) in [6.07, 6.45) is 1.33. The van der Waals surface area contributed by atoms with Crippen molar-refractivity contribution in [1.82, 2.24) is 9.80 Å². The number of benzene rings is 1. The molecule has 1 aliphatic rings. The zero-order chi connectivity index (χ0) is 15.9. The fraction of sp³-hybridized carbons (Fsp3) is 0.471. The van der Waals surface area contributed by atoms with Crippen LogP contribution >= 0.6 is 0 Å². The predicted molar refractivity (Wildman–Crippen MR) is 86.2 cm³/mol. The van der Waals surface area contributed by atoms with Crippen LogP contribution in [-0.2, 0) is 0 Å². The van der Waals surface area contributed by atoms with Gasteiger partial charge in [0.05, 0.1) is 11.7 Å². The molecule has 1 saturated heterocycles. The standard InChI is InChI=1S/C17H24N2O3/c1-3-12-22-16-7-5-4-6-15(16)17(21)19-10-8-18(9-11-19)13-14(2)20/h3-7,14,20H,1,8-13H2,2H3. The number of aliphatic hydroxyl groups excluding tert-OH is 1. The molecule has 0 aliphatic carbocycles. The van der Waals surface area contributed by atoms with E-state index < -0.39 is 0 Å². The number of carbonyl (C=O) groups excluding carboxylic acids is 1. The van der Waals surface area contributed by atoms with Crippen LogP contribution in [0.4, 0.5) is 0 Å². The summed E-state index contributed by atoms with van der Waals surface area (Å²) < 4.78 is 5.56. The zero-order valence-corrected chi connectivity index (χ0v) is 13.1. The lowest BCUT2D eigenvalue weighted by Crippen LogP contribution is -2.50. The molecule has 0 bridgehead atoms. The smallest absolute Gasteiger partial charge is 0.257 e. The van der Waals surface area contributed by atoms with Gasteiger partial charge in [-0.05, 0) is 19.1 Å². The van der Waals surface area contributed by atoms with Crippen molar-refractivity contribution in [1.29, 1.82) is 0 Å². The monoisotopic (exact) mass is 304 g/mol. The zero-order valence-electron chi connectivity index (χ0n) is 13.1. The number of carbonyl (C=O) groups is 1. The van der Waals surface area contributed by atoms with Crippen molar-refractivity contribution in [2.75, 3.05) is 39.3 Å². The van der Waals surface area contributed by atoms with E-state index in [0.717, 1.165) is 13.1 Å². The van der Waals surface area contributed by atoms with Gasteiger partial charge in [-0.1, -0.05) is 24.8 Å². The van der Waals surface area contributed by atoms with Gasteiger partial charge >= 0.3 is 0 Å². The molecule has 1 unspecified atom stereocenters. The van der Waals surface area contributed by atoms with Gasteiger partial charge in [-0.2, -0.15) is 0 Å². The highest BCUT2D eigenvalue weighted by atomic mass is 16.5. The van der Waals surface area contributed by atoms with Crippen molar-refractivity contribution >= 4 is 5.91 Å². The normalized spacial score (nSPS) is 17.1. The Hall–Kier alpha value is -1.85. The lowest BCUT2D eigenvalue weighted by atomic mass is 10.1. The van der Waals surface area contributed by atoms with Gasteiger partial charge in [0.2, 0.25) is 0 Å². The molecule has 1 atom stereocenters. The Kier molecular flexibility index (Phi) is 5.98. The first kappa shape index (κ1) is 16.5. The lowest BCUT2D eigenvalue weighted by molar-refractivity contribution is 0.0551. The topological polar surface area (TPSA) is 53.0 Å². The number of nitrogens with zero attached hydrogens (tertiary/aromatic N) is 2. The highest BCUT2D eigenvalue weighted by Crippen LogP contribution is 2.20. The second kappa shape index (κ2) is 7.96. The molecular weight excluding hydrogens is 280 g/mol. The number of piperazine rings is 1. The van der Waals surface area contributed by atoms with Crippen LogP contribution in [0.1, 0.15) is 17.3 Å². The maximum Gasteiger partial charge on any atom is 0.257 e. The number of amides is 1. The van der Waals surface area contributed by atoms with Gasteiger partial charge in [-0.15, -0.1) is 0 Å². The summed E-state index contributed by atoms with van der Waals surface area (Å²) in [6, 6.07) is 7.30.